The molecule has 0 N–H and O–H groups in total. The number of rotatable bonds is 4. The standard InChI is InChI=1S/C8H10F6O4Si/c1-3-19(4-2,17-5(15)7(9,10)11)18-6(16)8(12,13)14/h3-4H2,1-2H3. The third-order valence-electron chi connectivity index (χ3n) is 2.10. The van der Waals surface area contributed by atoms with Crippen LogP contribution in [-0.2, 0) is 18.4 Å². The molecule has 0 heterocycles. The van der Waals surface area contributed by atoms with Gasteiger partial charge in [-0.1, -0.05) is 13.8 Å². The number of hydrogen-bond donors (Lipinski definition) is 0. The van der Waals surface area contributed by atoms with Crippen LogP contribution in [0.1, 0.15) is 13.8 Å². The molecule has 112 valence electrons. The van der Waals surface area contributed by atoms with E-state index in [0.29, 0.717) is 0 Å². The number of alkyl halides is 6. The van der Waals surface area contributed by atoms with Gasteiger partial charge in [0.25, 0.3) is 0 Å². The van der Waals surface area contributed by atoms with Crippen LogP contribution in [0.15, 0.2) is 0 Å². The van der Waals surface area contributed by atoms with E-state index in [-0.39, 0.29) is 0 Å². The van der Waals surface area contributed by atoms with Gasteiger partial charge in [-0.15, -0.1) is 0 Å². The Labute approximate surface area is 104 Å². The Morgan fingerprint density at radius 2 is 1.11 bits per heavy atom. The van der Waals surface area contributed by atoms with Gasteiger partial charge in [0.15, 0.2) is 0 Å². The molecule has 0 rings (SSSR count). The second-order valence-electron chi connectivity index (χ2n) is 3.39. The third-order valence-corrected chi connectivity index (χ3v) is 5.37. The summed E-state index contributed by atoms with van der Waals surface area (Å²) in [6.07, 6.45) is -10.7. The summed E-state index contributed by atoms with van der Waals surface area (Å²) in [4.78, 5) is 21.3. The van der Waals surface area contributed by atoms with Crippen LogP contribution in [0.3, 0.4) is 0 Å². The van der Waals surface area contributed by atoms with Crippen molar-refractivity contribution in [3.05, 3.63) is 0 Å². The van der Waals surface area contributed by atoms with E-state index >= 15 is 0 Å². The van der Waals surface area contributed by atoms with Crippen molar-refractivity contribution in [2.24, 2.45) is 0 Å². The van der Waals surface area contributed by atoms with Gasteiger partial charge in [0.05, 0.1) is 0 Å². The fourth-order valence-corrected chi connectivity index (χ4v) is 3.04. The van der Waals surface area contributed by atoms with E-state index in [2.05, 4.69) is 8.85 Å². The lowest BCUT2D eigenvalue weighted by Crippen LogP contribution is -2.49. The fourth-order valence-electron chi connectivity index (χ4n) is 1.01. The molecule has 0 aliphatic rings. The van der Waals surface area contributed by atoms with E-state index in [9.17, 15) is 35.9 Å². The first-order valence-electron chi connectivity index (χ1n) is 4.98. The van der Waals surface area contributed by atoms with E-state index in [0.717, 1.165) is 0 Å². The Morgan fingerprint density at radius 3 is 1.26 bits per heavy atom. The van der Waals surface area contributed by atoms with Gasteiger partial charge in [0.2, 0.25) is 0 Å². The van der Waals surface area contributed by atoms with Crippen molar-refractivity contribution in [2.75, 3.05) is 0 Å². The van der Waals surface area contributed by atoms with Crippen LogP contribution >= 0.6 is 0 Å². The van der Waals surface area contributed by atoms with Crippen LogP contribution in [0, 0.1) is 0 Å². The Hall–Kier alpha value is -1.26. The summed E-state index contributed by atoms with van der Waals surface area (Å²) in [5.41, 5.74) is 0. The topological polar surface area (TPSA) is 52.6 Å². The van der Waals surface area contributed by atoms with E-state index in [1.54, 1.807) is 0 Å². The van der Waals surface area contributed by atoms with Crippen LogP contribution < -0.4 is 0 Å². The highest BCUT2D eigenvalue weighted by molar-refractivity contribution is 6.70. The zero-order valence-electron chi connectivity index (χ0n) is 9.81. The quantitative estimate of drug-likeness (QED) is 0.591. The highest BCUT2D eigenvalue weighted by Crippen LogP contribution is 2.28. The Bertz CT molecular complexity index is 316. The zero-order chi connectivity index (χ0) is 15.5. The SMILES string of the molecule is CC[Si](CC)(OC(=O)C(F)(F)F)OC(=O)C(F)(F)F. The molecule has 4 nitrogen and oxygen atoms in total. The van der Waals surface area contributed by atoms with Crippen LogP contribution in [0.2, 0.25) is 12.1 Å². The summed E-state index contributed by atoms with van der Waals surface area (Å²) >= 11 is 0. The molecule has 19 heavy (non-hydrogen) atoms. The largest absolute Gasteiger partial charge is 0.489 e. The molecule has 0 spiro atoms. The summed E-state index contributed by atoms with van der Waals surface area (Å²) in [5.74, 6) is -5.34. The minimum Gasteiger partial charge on any atom is -0.478 e. The van der Waals surface area contributed by atoms with Crippen LogP contribution in [0.4, 0.5) is 26.3 Å². The van der Waals surface area contributed by atoms with Crippen molar-refractivity contribution in [1.29, 1.82) is 0 Å². The molecule has 0 saturated heterocycles. The average Bonchev–Trinajstić information content (AvgIpc) is 2.25. The van der Waals surface area contributed by atoms with Gasteiger partial charge in [0, 0.05) is 12.1 Å². The third kappa shape index (κ3) is 5.08. The van der Waals surface area contributed by atoms with Gasteiger partial charge >= 0.3 is 32.9 Å². The molecule has 0 unspecified atom stereocenters. The van der Waals surface area contributed by atoms with Gasteiger partial charge in [-0.2, -0.15) is 26.3 Å². The molecule has 0 amide bonds. The van der Waals surface area contributed by atoms with Crippen LogP contribution in [-0.4, -0.2) is 32.9 Å². The molecular weight excluding hydrogens is 302 g/mol. The van der Waals surface area contributed by atoms with Crippen molar-refractivity contribution in [3.8, 4) is 0 Å². The molecule has 0 aliphatic carbocycles. The first-order chi connectivity index (χ1) is 8.38. The molecule has 0 fully saturated rings. The average molecular weight is 312 g/mol. The molecular formula is C8H10F6O4Si. The van der Waals surface area contributed by atoms with Crippen molar-refractivity contribution in [3.63, 3.8) is 0 Å². The Kier molecular flexibility index (Phi) is 5.41. The second kappa shape index (κ2) is 5.80. The molecule has 0 aromatic carbocycles. The minimum absolute atomic E-state index is 0.423. The second-order valence-corrected chi connectivity index (χ2v) is 7.04. The highest BCUT2D eigenvalue weighted by atomic mass is 28.4. The molecule has 0 bridgehead atoms. The Morgan fingerprint density at radius 1 is 0.842 bits per heavy atom. The summed E-state index contributed by atoms with van der Waals surface area (Å²) in [5, 5.41) is 0. The first kappa shape index (κ1) is 17.7. The number of hydrogen-bond acceptors (Lipinski definition) is 4. The lowest BCUT2D eigenvalue weighted by atomic mass is 10.7. The number of carbonyl (C=O) groups is 2. The van der Waals surface area contributed by atoms with E-state index in [1.165, 1.54) is 13.8 Å². The minimum atomic E-state index is -5.37. The molecule has 0 radical (unpaired) electrons. The zero-order valence-corrected chi connectivity index (χ0v) is 10.8. The lowest BCUT2D eigenvalue weighted by Gasteiger charge is -2.28. The molecule has 11 heteroatoms. The summed E-state index contributed by atoms with van der Waals surface area (Å²) < 4.78 is 80.0. The van der Waals surface area contributed by atoms with Crippen LogP contribution in [0.25, 0.3) is 0 Å². The maximum absolute atomic E-state index is 12.0. The summed E-state index contributed by atoms with van der Waals surface area (Å²) in [7, 11) is -4.23. The number of halogens is 6. The molecule has 0 atom stereocenters. The van der Waals surface area contributed by atoms with Gasteiger partial charge in [-0.05, 0) is 0 Å². The summed E-state index contributed by atoms with van der Waals surface area (Å²) in [6, 6.07) is -0.847. The molecule has 0 aliphatic heterocycles. The maximum atomic E-state index is 12.0. The van der Waals surface area contributed by atoms with Gasteiger partial charge in [-0.3, -0.25) is 0 Å². The monoisotopic (exact) mass is 312 g/mol. The first-order valence-corrected chi connectivity index (χ1v) is 7.21. The lowest BCUT2D eigenvalue weighted by molar-refractivity contribution is -0.199. The van der Waals surface area contributed by atoms with Gasteiger partial charge < -0.3 is 8.85 Å². The van der Waals surface area contributed by atoms with Crippen molar-refractivity contribution < 1.29 is 44.8 Å². The predicted molar refractivity (Wildman–Crippen MR) is 51.0 cm³/mol. The summed E-state index contributed by atoms with van der Waals surface area (Å²) in [6.45, 7) is 2.34. The van der Waals surface area contributed by atoms with E-state index in [1.807, 2.05) is 0 Å². The molecule has 0 aromatic rings. The molecule has 0 aromatic heterocycles. The van der Waals surface area contributed by atoms with E-state index in [4.69, 9.17) is 0 Å². The Balaban J connectivity index is 5.07. The highest BCUT2D eigenvalue weighted by Gasteiger charge is 2.53. The number of carbonyl (C=O) groups excluding carboxylic acids is 2. The van der Waals surface area contributed by atoms with Crippen molar-refractivity contribution in [1.82, 2.24) is 0 Å². The maximum Gasteiger partial charge on any atom is 0.489 e. The van der Waals surface area contributed by atoms with Crippen molar-refractivity contribution in [2.45, 2.75) is 38.3 Å². The van der Waals surface area contributed by atoms with Gasteiger partial charge in [-0.25, -0.2) is 9.59 Å². The molecule has 0 saturated carbocycles. The van der Waals surface area contributed by atoms with Gasteiger partial charge in [0.1, 0.15) is 0 Å². The van der Waals surface area contributed by atoms with Crippen molar-refractivity contribution >= 4 is 20.5 Å². The van der Waals surface area contributed by atoms with Crippen LogP contribution in [0.5, 0.6) is 0 Å². The fraction of sp³-hybridized carbons (Fsp3) is 0.750. The van der Waals surface area contributed by atoms with E-state index < -0.39 is 44.9 Å². The normalized spacial score (nSPS) is 13.1. The predicted octanol–water partition coefficient (Wildman–Crippen LogP) is 2.68. The smallest absolute Gasteiger partial charge is 0.478 e.